The van der Waals surface area contributed by atoms with Gasteiger partial charge in [-0.15, -0.1) is 5.10 Å². The van der Waals surface area contributed by atoms with Crippen LogP contribution in [0.5, 0.6) is 0 Å². The van der Waals surface area contributed by atoms with E-state index in [-0.39, 0.29) is 18.8 Å². The summed E-state index contributed by atoms with van der Waals surface area (Å²) < 4.78 is 24.8. The molecule has 3 aromatic rings. The third-order valence-electron chi connectivity index (χ3n) is 7.01. The zero-order valence-corrected chi connectivity index (χ0v) is 20.6. The number of tetrazole rings is 1. The van der Waals surface area contributed by atoms with Crippen LogP contribution in [0.15, 0.2) is 48.5 Å². The summed E-state index contributed by atoms with van der Waals surface area (Å²) in [6.45, 7) is 4.82. The SMILES string of the molecule is N#Cc1cccc(NC(=O)O[C@@H]2CO[C@H]3[C@@H]2OC[C@@H]3n2nnnc2-c2ccc(CN3CCOCC3)cc2)c1. The van der Waals surface area contributed by atoms with E-state index in [0.717, 1.165) is 38.4 Å². The number of nitriles is 1. The largest absolute Gasteiger partial charge is 0.441 e. The fourth-order valence-corrected chi connectivity index (χ4v) is 5.09. The van der Waals surface area contributed by atoms with Crippen LogP contribution in [0.1, 0.15) is 17.2 Å². The molecule has 0 saturated carbocycles. The molecule has 12 heteroatoms. The van der Waals surface area contributed by atoms with Crippen LogP contribution in [0.4, 0.5) is 10.5 Å². The van der Waals surface area contributed by atoms with Crippen LogP contribution in [0, 0.1) is 11.3 Å². The number of fused-ring (bicyclic) bond motifs is 1. The molecule has 1 amide bonds. The first-order valence-corrected chi connectivity index (χ1v) is 12.6. The Balaban J connectivity index is 1.09. The van der Waals surface area contributed by atoms with E-state index in [9.17, 15) is 4.79 Å². The number of hydrogen-bond donors (Lipinski definition) is 1. The summed E-state index contributed by atoms with van der Waals surface area (Å²) in [5.41, 5.74) is 3.03. The van der Waals surface area contributed by atoms with Gasteiger partial charge in [-0.25, -0.2) is 9.48 Å². The van der Waals surface area contributed by atoms with Gasteiger partial charge < -0.3 is 18.9 Å². The van der Waals surface area contributed by atoms with Gasteiger partial charge in [0.05, 0.1) is 38.1 Å². The Labute approximate surface area is 219 Å². The van der Waals surface area contributed by atoms with E-state index in [1.165, 1.54) is 5.56 Å². The van der Waals surface area contributed by atoms with Crippen molar-refractivity contribution < 1.29 is 23.7 Å². The summed E-state index contributed by atoms with van der Waals surface area (Å²) in [6, 6.07) is 16.6. The first-order chi connectivity index (χ1) is 18.7. The van der Waals surface area contributed by atoms with Crippen LogP contribution < -0.4 is 5.32 Å². The van der Waals surface area contributed by atoms with Crippen molar-refractivity contribution in [2.75, 3.05) is 44.8 Å². The van der Waals surface area contributed by atoms with E-state index in [1.807, 2.05) is 18.2 Å². The topological polar surface area (TPSA) is 137 Å². The van der Waals surface area contributed by atoms with Crippen molar-refractivity contribution in [1.29, 1.82) is 5.26 Å². The highest BCUT2D eigenvalue weighted by atomic mass is 16.6. The van der Waals surface area contributed by atoms with E-state index in [0.29, 0.717) is 23.7 Å². The van der Waals surface area contributed by atoms with Crippen molar-refractivity contribution in [2.45, 2.75) is 30.9 Å². The molecular formula is C26H27N7O5. The van der Waals surface area contributed by atoms with E-state index in [2.05, 4.69) is 37.9 Å². The number of amides is 1. The minimum absolute atomic E-state index is 0.200. The molecule has 3 saturated heterocycles. The Morgan fingerprint density at radius 1 is 1.11 bits per heavy atom. The number of carbonyl (C=O) groups is 1. The molecule has 12 nitrogen and oxygen atoms in total. The van der Waals surface area contributed by atoms with E-state index in [4.69, 9.17) is 24.2 Å². The fraction of sp³-hybridized carbons (Fsp3) is 0.423. The number of ether oxygens (including phenoxy) is 4. The number of aromatic nitrogens is 4. The maximum absolute atomic E-state index is 12.5. The molecular weight excluding hydrogens is 490 g/mol. The predicted molar refractivity (Wildman–Crippen MR) is 133 cm³/mol. The summed E-state index contributed by atoms with van der Waals surface area (Å²) in [7, 11) is 0. The maximum atomic E-state index is 12.5. The van der Waals surface area contributed by atoms with Crippen molar-refractivity contribution in [2.24, 2.45) is 0 Å². The monoisotopic (exact) mass is 517 g/mol. The Morgan fingerprint density at radius 2 is 1.92 bits per heavy atom. The summed E-state index contributed by atoms with van der Waals surface area (Å²) in [5, 5.41) is 24.1. The first kappa shape index (κ1) is 24.4. The molecule has 0 bridgehead atoms. The van der Waals surface area contributed by atoms with Gasteiger partial charge in [-0.1, -0.05) is 30.3 Å². The number of rotatable bonds is 6. The Kier molecular flexibility index (Phi) is 6.98. The van der Waals surface area contributed by atoms with Crippen molar-refractivity contribution >= 4 is 11.8 Å². The van der Waals surface area contributed by atoms with Crippen LogP contribution in [0.3, 0.4) is 0 Å². The van der Waals surface area contributed by atoms with Crippen molar-refractivity contribution in [3.8, 4) is 17.5 Å². The zero-order chi connectivity index (χ0) is 25.9. The summed E-state index contributed by atoms with van der Waals surface area (Å²) >= 11 is 0. The van der Waals surface area contributed by atoms with Crippen molar-refractivity contribution in [1.82, 2.24) is 25.1 Å². The number of carbonyl (C=O) groups excluding carboxylic acids is 1. The summed E-state index contributed by atoms with van der Waals surface area (Å²) in [4.78, 5) is 14.9. The molecule has 4 atom stereocenters. The van der Waals surface area contributed by atoms with Crippen molar-refractivity contribution in [3.63, 3.8) is 0 Å². The highest BCUT2D eigenvalue weighted by Gasteiger charge is 2.51. The number of nitrogens with zero attached hydrogens (tertiary/aromatic N) is 6. The molecule has 0 aliphatic carbocycles. The predicted octanol–water partition coefficient (Wildman–Crippen LogP) is 2.00. The van der Waals surface area contributed by atoms with E-state index in [1.54, 1.807) is 28.9 Å². The molecule has 4 heterocycles. The molecule has 38 heavy (non-hydrogen) atoms. The summed E-state index contributed by atoms with van der Waals surface area (Å²) in [6.07, 6.45) is -2.02. The van der Waals surface area contributed by atoms with Gasteiger partial charge >= 0.3 is 6.09 Å². The van der Waals surface area contributed by atoms with Gasteiger partial charge in [0.25, 0.3) is 0 Å². The standard InChI is InChI=1S/C26H27N7O5/c27-13-18-2-1-3-20(12-18)28-26(34)38-22-16-37-23-21(15-36-24(22)23)33-25(29-30-31-33)19-6-4-17(5-7-19)14-32-8-10-35-11-9-32/h1-7,12,21-24H,8-11,14-16H2,(H,28,34)/t21-,22+,23+,24+/m0/s1. The number of anilines is 1. The number of morpholine rings is 1. The van der Waals surface area contributed by atoms with Crippen LogP contribution in [0.2, 0.25) is 0 Å². The van der Waals surface area contributed by atoms with Gasteiger partial charge in [0.1, 0.15) is 18.2 Å². The van der Waals surface area contributed by atoms with Gasteiger partial charge in [-0.3, -0.25) is 10.2 Å². The third kappa shape index (κ3) is 5.09. The normalized spacial score (nSPS) is 25.0. The lowest BCUT2D eigenvalue weighted by atomic mass is 10.1. The second-order valence-corrected chi connectivity index (χ2v) is 9.46. The quantitative estimate of drug-likeness (QED) is 0.517. The molecule has 0 radical (unpaired) electrons. The van der Waals surface area contributed by atoms with Crippen LogP contribution in [0.25, 0.3) is 11.4 Å². The molecule has 1 N–H and O–H groups in total. The molecule has 2 aromatic carbocycles. The minimum Gasteiger partial charge on any atom is -0.441 e. The highest BCUT2D eigenvalue weighted by molar-refractivity contribution is 5.85. The lowest BCUT2D eigenvalue weighted by molar-refractivity contribution is 0.00774. The molecule has 0 unspecified atom stereocenters. The number of nitrogens with one attached hydrogen (secondary N) is 1. The number of hydrogen-bond acceptors (Lipinski definition) is 10. The molecule has 196 valence electrons. The van der Waals surface area contributed by atoms with Crippen LogP contribution in [-0.4, -0.2) is 89.0 Å². The molecule has 0 spiro atoms. The maximum Gasteiger partial charge on any atom is 0.412 e. The average molecular weight is 518 g/mol. The van der Waals surface area contributed by atoms with Gasteiger partial charge in [-0.05, 0) is 34.2 Å². The van der Waals surface area contributed by atoms with E-state index >= 15 is 0 Å². The van der Waals surface area contributed by atoms with Gasteiger partial charge in [0.15, 0.2) is 11.9 Å². The van der Waals surface area contributed by atoms with Gasteiger partial charge in [-0.2, -0.15) is 5.26 Å². The van der Waals surface area contributed by atoms with E-state index < -0.39 is 18.3 Å². The average Bonchev–Trinajstić information content (AvgIpc) is 3.68. The molecule has 3 aliphatic heterocycles. The summed E-state index contributed by atoms with van der Waals surface area (Å²) in [5.74, 6) is 0.625. The zero-order valence-electron chi connectivity index (χ0n) is 20.6. The molecule has 3 fully saturated rings. The molecule has 3 aliphatic rings. The fourth-order valence-electron chi connectivity index (χ4n) is 5.09. The van der Waals surface area contributed by atoms with Gasteiger partial charge in [0, 0.05) is 30.9 Å². The Bertz CT molecular complexity index is 1320. The smallest absolute Gasteiger partial charge is 0.412 e. The molecule has 6 rings (SSSR count). The second kappa shape index (κ2) is 10.8. The van der Waals surface area contributed by atoms with Crippen molar-refractivity contribution in [3.05, 3.63) is 59.7 Å². The lowest BCUT2D eigenvalue weighted by Crippen LogP contribution is -2.35. The molecule has 1 aromatic heterocycles. The first-order valence-electron chi connectivity index (χ1n) is 12.6. The highest BCUT2D eigenvalue weighted by Crippen LogP contribution is 2.37. The van der Waals surface area contributed by atoms with Gasteiger partial charge in [0.2, 0.25) is 0 Å². The second-order valence-electron chi connectivity index (χ2n) is 9.46. The third-order valence-corrected chi connectivity index (χ3v) is 7.01. The lowest BCUT2D eigenvalue weighted by Gasteiger charge is -2.26. The number of benzene rings is 2. The Hall–Kier alpha value is -3.89. The minimum atomic E-state index is -0.637. The van der Waals surface area contributed by atoms with Crippen LogP contribution >= 0.6 is 0 Å². The Morgan fingerprint density at radius 3 is 2.74 bits per heavy atom. The van der Waals surface area contributed by atoms with Crippen LogP contribution in [-0.2, 0) is 25.5 Å².